The van der Waals surface area contributed by atoms with Gasteiger partial charge >= 0.3 is 6.18 Å². The molecule has 0 radical (unpaired) electrons. The summed E-state index contributed by atoms with van der Waals surface area (Å²) in [7, 11) is 0. The fraction of sp³-hybridized carbons (Fsp3) is 0.500. The molecule has 0 spiro atoms. The lowest BCUT2D eigenvalue weighted by molar-refractivity contribution is -0.137. The van der Waals surface area contributed by atoms with Crippen LogP contribution in [-0.4, -0.2) is 5.11 Å². The minimum Gasteiger partial charge on any atom is -0.388 e. The second kappa shape index (κ2) is 4.87. The number of rotatable bonds is 3. The minimum absolute atomic E-state index is 0.303. The SMILES string of the molecule is CC(C)C[C@@H](O)c1ccc(C(F)(F)F)cc1. The van der Waals surface area contributed by atoms with E-state index < -0.39 is 17.8 Å². The first-order chi connectivity index (χ1) is 7.30. The number of alkyl halides is 3. The Hall–Kier alpha value is -1.03. The van der Waals surface area contributed by atoms with Crippen LogP contribution in [0.25, 0.3) is 0 Å². The zero-order chi connectivity index (χ0) is 12.3. The van der Waals surface area contributed by atoms with E-state index in [0.717, 1.165) is 12.1 Å². The van der Waals surface area contributed by atoms with Gasteiger partial charge in [-0.3, -0.25) is 0 Å². The lowest BCUT2D eigenvalue weighted by Gasteiger charge is -2.14. The molecule has 0 saturated carbocycles. The summed E-state index contributed by atoms with van der Waals surface area (Å²) in [6.45, 7) is 3.90. The van der Waals surface area contributed by atoms with E-state index in [-0.39, 0.29) is 0 Å². The molecule has 0 fully saturated rings. The van der Waals surface area contributed by atoms with E-state index in [1.54, 1.807) is 0 Å². The first kappa shape index (κ1) is 13.0. The van der Waals surface area contributed by atoms with E-state index >= 15 is 0 Å². The average Bonchev–Trinajstić information content (AvgIpc) is 2.15. The summed E-state index contributed by atoms with van der Waals surface area (Å²) >= 11 is 0. The lowest BCUT2D eigenvalue weighted by atomic mass is 9.99. The molecule has 0 aliphatic rings. The molecule has 0 unspecified atom stereocenters. The molecule has 4 heteroatoms. The Bertz CT molecular complexity index is 327. The van der Waals surface area contributed by atoms with Gasteiger partial charge in [-0.2, -0.15) is 13.2 Å². The molecule has 0 heterocycles. The van der Waals surface area contributed by atoms with Crippen LogP contribution in [0.5, 0.6) is 0 Å². The van der Waals surface area contributed by atoms with Crippen LogP contribution in [-0.2, 0) is 6.18 Å². The van der Waals surface area contributed by atoms with Crippen LogP contribution in [0.4, 0.5) is 13.2 Å². The Labute approximate surface area is 92.9 Å². The molecule has 0 bridgehead atoms. The van der Waals surface area contributed by atoms with Gasteiger partial charge in [-0.05, 0) is 30.0 Å². The number of aliphatic hydroxyl groups is 1. The standard InChI is InChI=1S/C12H15F3O/c1-8(2)7-11(16)9-3-5-10(6-4-9)12(13,14)15/h3-6,8,11,16H,7H2,1-2H3/t11-/m1/s1. The molecule has 1 rings (SSSR count). The molecule has 0 aromatic heterocycles. The number of hydrogen-bond acceptors (Lipinski definition) is 1. The highest BCUT2D eigenvalue weighted by Crippen LogP contribution is 2.30. The Kier molecular flexibility index (Phi) is 3.97. The van der Waals surface area contributed by atoms with Gasteiger partial charge in [0, 0.05) is 0 Å². The summed E-state index contributed by atoms with van der Waals surface area (Å²) in [6, 6.07) is 4.66. The van der Waals surface area contributed by atoms with Crippen molar-refractivity contribution in [3.05, 3.63) is 35.4 Å². The third kappa shape index (κ3) is 3.52. The second-order valence-electron chi connectivity index (χ2n) is 4.27. The molecule has 1 aromatic rings. The van der Waals surface area contributed by atoms with Crippen molar-refractivity contribution in [2.24, 2.45) is 5.92 Å². The highest BCUT2D eigenvalue weighted by molar-refractivity contribution is 5.25. The lowest BCUT2D eigenvalue weighted by Crippen LogP contribution is -2.06. The van der Waals surface area contributed by atoms with Crippen molar-refractivity contribution in [3.8, 4) is 0 Å². The van der Waals surface area contributed by atoms with Crippen LogP contribution < -0.4 is 0 Å². The van der Waals surface area contributed by atoms with Gasteiger partial charge in [-0.25, -0.2) is 0 Å². The third-order valence-electron chi connectivity index (χ3n) is 2.32. The van der Waals surface area contributed by atoms with Crippen molar-refractivity contribution in [1.82, 2.24) is 0 Å². The molecule has 1 N–H and O–H groups in total. The molecule has 16 heavy (non-hydrogen) atoms. The Morgan fingerprint density at radius 2 is 1.62 bits per heavy atom. The molecule has 0 saturated heterocycles. The van der Waals surface area contributed by atoms with Gasteiger partial charge in [-0.1, -0.05) is 26.0 Å². The van der Waals surface area contributed by atoms with Crippen LogP contribution in [0.3, 0.4) is 0 Å². The van der Waals surface area contributed by atoms with Crippen LogP contribution in [0.1, 0.15) is 37.5 Å². The monoisotopic (exact) mass is 232 g/mol. The summed E-state index contributed by atoms with van der Waals surface area (Å²) in [5.41, 5.74) is -0.158. The van der Waals surface area contributed by atoms with Crippen LogP contribution >= 0.6 is 0 Å². The first-order valence-corrected chi connectivity index (χ1v) is 5.16. The molecular weight excluding hydrogens is 217 g/mol. The van der Waals surface area contributed by atoms with Crippen molar-refractivity contribution < 1.29 is 18.3 Å². The largest absolute Gasteiger partial charge is 0.416 e. The summed E-state index contributed by atoms with van der Waals surface area (Å²) in [6.07, 6.45) is -4.46. The maximum atomic E-state index is 12.3. The molecule has 1 aromatic carbocycles. The highest BCUT2D eigenvalue weighted by atomic mass is 19.4. The maximum Gasteiger partial charge on any atom is 0.416 e. The smallest absolute Gasteiger partial charge is 0.388 e. The van der Waals surface area contributed by atoms with Crippen LogP contribution in [0.15, 0.2) is 24.3 Å². The normalized spacial score (nSPS) is 14.2. The summed E-state index contributed by atoms with van der Waals surface area (Å²) in [4.78, 5) is 0. The molecule has 1 nitrogen and oxygen atoms in total. The Morgan fingerprint density at radius 3 is 2.00 bits per heavy atom. The average molecular weight is 232 g/mol. The molecule has 1 atom stereocenters. The van der Waals surface area contributed by atoms with E-state index in [4.69, 9.17) is 0 Å². The summed E-state index contributed by atoms with van der Waals surface area (Å²) in [5, 5.41) is 9.70. The molecule has 0 amide bonds. The van der Waals surface area contributed by atoms with E-state index in [1.165, 1.54) is 12.1 Å². The van der Waals surface area contributed by atoms with Gasteiger partial charge in [0.15, 0.2) is 0 Å². The van der Waals surface area contributed by atoms with Crippen LogP contribution in [0, 0.1) is 5.92 Å². The Balaban J connectivity index is 2.79. The minimum atomic E-state index is -4.32. The first-order valence-electron chi connectivity index (χ1n) is 5.16. The molecule has 90 valence electrons. The van der Waals surface area contributed by atoms with Crippen molar-refractivity contribution in [2.45, 2.75) is 32.5 Å². The predicted molar refractivity (Wildman–Crippen MR) is 55.9 cm³/mol. The van der Waals surface area contributed by atoms with Gasteiger partial charge in [-0.15, -0.1) is 0 Å². The number of aliphatic hydroxyl groups excluding tert-OH is 1. The van der Waals surface area contributed by atoms with Gasteiger partial charge in [0.1, 0.15) is 0 Å². The van der Waals surface area contributed by atoms with Gasteiger partial charge in [0.05, 0.1) is 11.7 Å². The van der Waals surface area contributed by atoms with Gasteiger partial charge < -0.3 is 5.11 Å². The Morgan fingerprint density at radius 1 is 1.12 bits per heavy atom. The number of halogens is 3. The fourth-order valence-electron chi connectivity index (χ4n) is 1.48. The number of hydrogen-bond donors (Lipinski definition) is 1. The summed E-state index contributed by atoms with van der Waals surface area (Å²) < 4.78 is 36.8. The molecular formula is C12H15F3O. The van der Waals surface area contributed by atoms with Gasteiger partial charge in [0.25, 0.3) is 0 Å². The van der Waals surface area contributed by atoms with E-state index in [9.17, 15) is 18.3 Å². The maximum absolute atomic E-state index is 12.3. The number of benzene rings is 1. The van der Waals surface area contributed by atoms with Crippen LogP contribution in [0.2, 0.25) is 0 Å². The quantitative estimate of drug-likeness (QED) is 0.840. The highest BCUT2D eigenvalue weighted by Gasteiger charge is 2.30. The van der Waals surface area contributed by atoms with Crippen molar-refractivity contribution >= 4 is 0 Å². The summed E-state index contributed by atoms with van der Waals surface area (Å²) in [5.74, 6) is 0.303. The zero-order valence-electron chi connectivity index (χ0n) is 9.25. The van der Waals surface area contributed by atoms with E-state index in [0.29, 0.717) is 17.9 Å². The predicted octanol–water partition coefficient (Wildman–Crippen LogP) is 3.78. The van der Waals surface area contributed by atoms with E-state index in [1.807, 2.05) is 13.8 Å². The zero-order valence-corrected chi connectivity index (χ0v) is 9.25. The van der Waals surface area contributed by atoms with Crippen molar-refractivity contribution in [2.75, 3.05) is 0 Å². The second-order valence-corrected chi connectivity index (χ2v) is 4.27. The fourth-order valence-corrected chi connectivity index (χ4v) is 1.48. The third-order valence-corrected chi connectivity index (χ3v) is 2.32. The van der Waals surface area contributed by atoms with Gasteiger partial charge in [0.2, 0.25) is 0 Å². The molecule has 0 aliphatic carbocycles. The van der Waals surface area contributed by atoms with E-state index in [2.05, 4.69) is 0 Å². The molecule has 0 aliphatic heterocycles. The topological polar surface area (TPSA) is 20.2 Å². The van der Waals surface area contributed by atoms with Crippen molar-refractivity contribution in [1.29, 1.82) is 0 Å². The van der Waals surface area contributed by atoms with Crippen molar-refractivity contribution in [3.63, 3.8) is 0 Å².